The van der Waals surface area contributed by atoms with E-state index in [1.165, 1.54) is 0 Å². The van der Waals surface area contributed by atoms with Gasteiger partial charge in [-0.3, -0.25) is 4.40 Å². The molecule has 0 aliphatic carbocycles. The van der Waals surface area contributed by atoms with E-state index in [4.69, 9.17) is 0 Å². The van der Waals surface area contributed by atoms with Gasteiger partial charge in [-0.25, -0.2) is 9.78 Å². The van der Waals surface area contributed by atoms with Crippen LogP contribution in [0.4, 0.5) is 11.5 Å². The first kappa shape index (κ1) is 13.9. The average molecular weight is 294 g/mol. The maximum atomic E-state index is 11.3. The molecule has 3 aromatic rings. The molecule has 0 radical (unpaired) electrons. The number of nitrogens with zero attached hydrogens (tertiary/aromatic N) is 4. The van der Waals surface area contributed by atoms with Crippen LogP contribution in [-0.2, 0) is 0 Å². The van der Waals surface area contributed by atoms with Crippen molar-refractivity contribution in [2.45, 2.75) is 13.8 Å². The topological polar surface area (TPSA) is 79.3 Å². The molecular weight excluding hydrogens is 280 g/mol. The number of pyridine rings is 1. The maximum absolute atomic E-state index is 11.3. The summed E-state index contributed by atoms with van der Waals surface area (Å²) in [5, 5.41) is 17.6. The lowest BCUT2D eigenvalue weighted by atomic mass is 10.1. The molecule has 3 rings (SSSR count). The summed E-state index contributed by atoms with van der Waals surface area (Å²) in [6.07, 6.45) is 1.71. The molecule has 0 unspecified atom stereocenters. The first-order valence-electron chi connectivity index (χ1n) is 6.76. The molecule has 0 aliphatic rings. The van der Waals surface area contributed by atoms with Gasteiger partial charge in [-0.2, -0.15) is 0 Å². The lowest BCUT2D eigenvalue weighted by molar-refractivity contribution is 0.0692. The third-order valence-electron chi connectivity index (χ3n) is 3.54. The molecule has 0 saturated carbocycles. The Hall–Kier alpha value is -3.02. The zero-order chi connectivity index (χ0) is 15.7. The van der Waals surface area contributed by atoms with Crippen LogP contribution < -0.4 is 0 Å². The number of carboxylic acids is 1. The highest BCUT2D eigenvalue weighted by molar-refractivity contribution is 5.91. The van der Waals surface area contributed by atoms with Crippen LogP contribution in [0.15, 0.2) is 52.8 Å². The van der Waals surface area contributed by atoms with Crippen molar-refractivity contribution in [2.75, 3.05) is 0 Å². The van der Waals surface area contributed by atoms with Gasteiger partial charge < -0.3 is 5.11 Å². The number of aryl methyl sites for hydroxylation is 1. The molecule has 1 N–H and O–H groups in total. The van der Waals surface area contributed by atoms with Crippen LogP contribution in [0.1, 0.15) is 21.6 Å². The fourth-order valence-corrected chi connectivity index (χ4v) is 2.17. The smallest absolute Gasteiger partial charge is 0.358 e. The molecule has 0 fully saturated rings. The second-order valence-corrected chi connectivity index (χ2v) is 4.94. The van der Waals surface area contributed by atoms with E-state index in [9.17, 15) is 9.90 Å². The van der Waals surface area contributed by atoms with Gasteiger partial charge in [-0.15, -0.1) is 10.2 Å². The summed E-state index contributed by atoms with van der Waals surface area (Å²) in [5.41, 5.74) is 3.24. The van der Waals surface area contributed by atoms with E-state index >= 15 is 0 Å². The molecule has 1 aromatic carbocycles. The fraction of sp³-hybridized carbons (Fsp3) is 0.125. The van der Waals surface area contributed by atoms with Crippen LogP contribution in [0, 0.1) is 13.8 Å². The number of rotatable bonds is 3. The van der Waals surface area contributed by atoms with Crippen molar-refractivity contribution in [1.82, 2.24) is 9.38 Å². The molecule has 6 heteroatoms. The molecule has 0 aliphatic heterocycles. The summed E-state index contributed by atoms with van der Waals surface area (Å²) in [7, 11) is 0. The van der Waals surface area contributed by atoms with Crippen molar-refractivity contribution in [3.8, 4) is 0 Å². The Bertz CT molecular complexity index is 896. The quantitative estimate of drug-likeness (QED) is 0.739. The Morgan fingerprint density at radius 1 is 1.14 bits per heavy atom. The highest BCUT2D eigenvalue weighted by Crippen LogP contribution is 2.26. The second-order valence-electron chi connectivity index (χ2n) is 4.94. The Morgan fingerprint density at radius 3 is 2.73 bits per heavy atom. The zero-order valence-corrected chi connectivity index (χ0v) is 12.2. The summed E-state index contributed by atoms with van der Waals surface area (Å²) in [5.74, 6) is -0.914. The normalized spacial score (nSPS) is 11.4. The minimum absolute atomic E-state index is 0.111. The van der Waals surface area contributed by atoms with Gasteiger partial charge in [0.15, 0.2) is 11.5 Å². The summed E-state index contributed by atoms with van der Waals surface area (Å²) in [6.45, 7) is 3.95. The van der Waals surface area contributed by atoms with Crippen molar-refractivity contribution in [3.63, 3.8) is 0 Å². The molecule has 0 amide bonds. The van der Waals surface area contributed by atoms with E-state index in [2.05, 4.69) is 15.2 Å². The van der Waals surface area contributed by atoms with Gasteiger partial charge in [0.2, 0.25) is 0 Å². The van der Waals surface area contributed by atoms with Crippen molar-refractivity contribution >= 4 is 23.1 Å². The number of hydrogen-bond acceptors (Lipinski definition) is 4. The predicted molar refractivity (Wildman–Crippen MR) is 82.2 cm³/mol. The minimum Gasteiger partial charge on any atom is -0.476 e. The van der Waals surface area contributed by atoms with Gasteiger partial charge in [-0.05, 0) is 43.2 Å². The number of benzene rings is 1. The lowest BCUT2D eigenvalue weighted by Gasteiger charge is -2.02. The van der Waals surface area contributed by atoms with E-state index in [1.54, 1.807) is 28.8 Å². The number of azo groups is 1. The first-order valence-corrected chi connectivity index (χ1v) is 6.76. The molecule has 110 valence electrons. The number of imidazole rings is 1. The number of aromatic nitrogens is 2. The maximum Gasteiger partial charge on any atom is 0.358 e. The van der Waals surface area contributed by atoms with Gasteiger partial charge in [0.25, 0.3) is 0 Å². The van der Waals surface area contributed by atoms with Gasteiger partial charge in [0.1, 0.15) is 5.65 Å². The summed E-state index contributed by atoms with van der Waals surface area (Å²) >= 11 is 0. The van der Waals surface area contributed by atoms with Gasteiger partial charge in [-0.1, -0.05) is 18.2 Å². The SMILES string of the molecule is Cc1cccc(N=Nc2c(C(=O)O)nc3ccccn23)c1C. The molecule has 0 atom stereocenters. The molecule has 0 saturated heterocycles. The predicted octanol–water partition coefficient (Wildman–Crippen LogP) is 4.06. The van der Waals surface area contributed by atoms with E-state index in [-0.39, 0.29) is 11.5 Å². The van der Waals surface area contributed by atoms with Crippen molar-refractivity contribution in [2.24, 2.45) is 10.2 Å². The van der Waals surface area contributed by atoms with Crippen LogP contribution in [0.3, 0.4) is 0 Å². The lowest BCUT2D eigenvalue weighted by Crippen LogP contribution is -1.96. The third-order valence-corrected chi connectivity index (χ3v) is 3.54. The Labute approximate surface area is 126 Å². The number of hydrogen-bond donors (Lipinski definition) is 1. The van der Waals surface area contributed by atoms with E-state index in [0.29, 0.717) is 11.3 Å². The summed E-state index contributed by atoms with van der Waals surface area (Å²) in [6, 6.07) is 11.0. The van der Waals surface area contributed by atoms with Crippen LogP contribution in [-0.4, -0.2) is 20.5 Å². The summed E-state index contributed by atoms with van der Waals surface area (Å²) in [4.78, 5) is 15.4. The number of carbonyl (C=O) groups is 1. The fourth-order valence-electron chi connectivity index (χ4n) is 2.17. The molecule has 6 nitrogen and oxygen atoms in total. The van der Waals surface area contributed by atoms with Crippen LogP contribution in [0.5, 0.6) is 0 Å². The van der Waals surface area contributed by atoms with Gasteiger partial charge in [0.05, 0.1) is 5.69 Å². The standard InChI is InChI=1S/C16H14N4O2/c1-10-6-5-7-12(11(10)2)18-19-15-14(16(21)22)17-13-8-3-4-9-20(13)15/h3-9H,1-2H3,(H,21,22). The summed E-state index contributed by atoms with van der Waals surface area (Å²) < 4.78 is 1.61. The number of fused-ring (bicyclic) bond motifs is 1. The largest absolute Gasteiger partial charge is 0.476 e. The molecule has 2 aromatic heterocycles. The van der Waals surface area contributed by atoms with E-state index in [1.807, 2.05) is 32.0 Å². The zero-order valence-electron chi connectivity index (χ0n) is 12.2. The molecular formula is C16H14N4O2. The van der Waals surface area contributed by atoms with Crippen LogP contribution >= 0.6 is 0 Å². The van der Waals surface area contributed by atoms with Crippen LogP contribution in [0.25, 0.3) is 5.65 Å². The average Bonchev–Trinajstić information content (AvgIpc) is 2.88. The van der Waals surface area contributed by atoms with E-state index < -0.39 is 5.97 Å². The Balaban J connectivity index is 2.13. The highest BCUT2D eigenvalue weighted by atomic mass is 16.4. The Morgan fingerprint density at radius 2 is 1.95 bits per heavy atom. The molecule has 2 heterocycles. The minimum atomic E-state index is -1.13. The molecule has 22 heavy (non-hydrogen) atoms. The van der Waals surface area contributed by atoms with Gasteiger partial charge >= 0.3 is 5.97 Å². The van der Waals surface area contributed by atoms with Crippen LogP contribution in [0.2, 0.25) is 0 Å². The number of aromatic carboxylic acids is 1. The van der Waals surface area contributed by atoms with Crippen molar-refractivity contribution < 1.29 is 9.90 Å². The first-order chi connectivity index (χ1) is 10.6. The molecule has 0 spiro atoms. The monoisotopic (exact) mass is 294 g/mol. The van der Waals surface area contributed by atoms with E-state index in [0.717, 1.165) is 11.1 Å². The number of carboxylic acid groups (broad SMARTS) is 1. The highest BCUT2D eigenvalue weighted by Gasteiger charge is 2.17. The third kappa shape index (κ3) is 2.35. The van der Waals surface area contributed by atoms with Crippen molar-refractivity contribution in [1.29, 1.82) is 0 Å². The molecule has 0 bridgehead atoms. The Kier molecular flexibility index (Phi) is 3.42. The van der Waals surface area contributed by atoms with Crippen molar-refractivity contribution in [3.05, 3.63) is 59.4 Å². The second kappa shape index (κ2) is 5.40. The van der Waals surface area contributed by atoms with Gasteiger partial charge in [0, 0.05) is 6.20 Å².